The third-order valence-corrected chi connectivity index (χ3v) is 8.17. The Hall–Kier alpha value is -2.17. The molecule has 2 aromatic rings. The normalized spacial score (nSPS) is 19.2. The number of carbonyl (C=O) groups excluding carboxylic acids is 1. The van der Waals surface area contributed by atoms with E-state index in [1.165, 1.54) is 64.3 Å². The molecule has 1 heterocycles. The van der Waals surface area contributed by atoms with Crippen molar-refractivity contribution in [3.63, 3.8) is 0 Å². The summed E-state index contributed by atoms with van der Waals surface area (Å²) in [5.41, 5.74) is 7.48. The molecule has 1 aliphatic heterocycles. The molecule has 4 nitrogen and oxygen atoms in total. The van der Waals surface area contributed by atoms with Crippen molar-refractivity contribution in [3.05, 3.63) is 71.8 Å². The highest BCUT2D eigenvalue weighted by atomic mass is 16.1. The quantitative estimate of drug-likeness (QED) is 0.377. The average Bonchev–Trinajstić information content (AvgIpc) is 3.30. The fourth-order valence-electron chi connectivity index (χ4n) is 6.00. The largest absolute Gasteiger partial charge is 0.369 e. The van der Waals surface area contributed by atoms with E-state index in [4.69, 9.17) is 5.73 Å². The minimum absolute atomic E-state index is 0.193. The predicted octanol–water partition coefficient (Wildman–Crippen LogP) is 5.26. The first-order valence-electron chi connectivity index (χ1n) is 13.6. The van der Waals surface area contributed by atoms with Crippen molar-refractivity contribution in [1.29, 1.82) is 0 Å². The maximum absolute atomic E-state index is 13.2. The Morgan fingerprint density at radius 1 is 0.853 bits per heavy atom. The number of primary amides is 1. The number of nitrogens with zero attached hydrogens (tertiary/aromatic N) is 1. The molecule has 1 saturated carbocycles. The molecule has 1 atom stereocenters. The Bertz CT molecular complexity index is 826. The lowest BCUT2D eigenvalue weighted by atomic mass is 9.64. The lowest BCUT2D eigenvalue weighted by Gasteiger charge is -2.37. The van der Waals surface area contributed by atoms with Crippen LogP contribution in [0.1, 0.15) is 75.3 Å². The molecular formula is C30H43N3O. The van der Waals surface area contributed by atoms with E-state index in [1.807, 2.05) is 36.4 Å². The van der Waals surface area contributed by atoms with E-state index in [9.17, 15) is 4.79 Å². The predicted molar refractivity (Wildman–Crippen MR) is 141 cm³/mol. The van der Waals surface area contributed by atoms with E-state index in [2.05, 4.69) is 34.5 Å². The van der Waals surface area contributed by atoms with Crippen LogP contribution in [0.5, 0.6) is 0 Å². The van der Waals surface area contributed by atoms with Crippen molar-refractivity contribution in [2.24, 2.45) is 11.7 Å². The smallest absolute Gasteiger partial charge is 0.232 e. The van der Waals surface area contributed by atoms with Crippen LogP contribution in [-0.2, 0) is 10.2 Å². The highest BCUT2D eigenvalue weighted by Crippen LogP contribution is 2.43. The van der Waals surface area contributed by atoms with Crippen LogP contribution in [0.3, 0.4) is 0 Å². The number of hydrogen-bond donors (Lipinski definition) is 2. The van der Waals surface area contributed by atoms with Gasteiger partial charge in [-0.1, -0.05) is 92.8 Å². The first kappa shape index (κ1) is 24.9. The monoisotopic (exact) mass is 461 g/mol. The zero-order chi connectivity index (χ0) is 23.6. The number of hydrogen-bond acceptors (Lipinski definition) is 3. The van der Waals surface area contributed by atoms with Gasteiger partial charge < -0.3 is 16.0 Å². The van der Waals surface area contributed by atoms with Gasteiger partial charge in [0.1, 0.15) is 5.41 Å². The highest BCUT2D eigenvalue weighted by Gasteiger charge is 2.49. The molecule has 34 heavy (non-hydrogen) atoms. The van der Waals surface area contributed by atoms with Crippen LogP contribution >= 0.6 is 0 Å². The van der Waals surface area contributed by atoms with E-state index in [0.29, 0.717) is 0 Å². The van der Waals surface area contributed by atoms with Gasteiger partial charge in [0, 0.05) is 12.6 Å². The number of rotatable bonds is 14. The molecule has 1 amide bonds. The topological polar surface area (TPSA) is 58.4 Å². The summed E-state index contributed by atoms with van der Waals surface area (Å²) in [7, 11) is 0. The fraction of sp³-hybridized carbons (Fsp3) is 0.567. The summed E-state index contributed by atoms with van der Waals surface area (Å²) in [6.45, 7) is 4.30. The van der Waals surface area contributed by atoms with Gasteiger partial charge in [-0.05, 0) is 68.8 Å². The Balaban J connectivity index is 1.26. The molecule has 0 spiro atoms. The summed E-state index contributed by atoms with van der Waals surface area (Å²) < 4.78 is 0. The Labute approximate surface area is 206 Å². The van der Waals surface area contributed by atoms with Crippen LogP contribution in [0, 0.1) is 5.92 Å². The van der Waals surface area contributed by atoms with Gasteiger partial charge in [0.15, 0.2) is 0 Å². The first-order valence-corrected chi connectivity index (χ1v) is 13.6. The molecule has 2 aromatic carbocycles. The van der Waals surface area contributed by atoms with E-state index in [0.717, 1.165) is 43.2 Å². The van der Waals surface area contributed by atoms with Gasteiger partial charge in [-0.3, -0.25) is 4.79 Å². The molecule has 1 aliphatic carbocycles. The molecule has 3 N–H and O–H groups in total. The van der Waals surface area contributed by atoms with Gasteiger partial charge in [-0.25, -0.2) is 0 Å². The maximum Gasteiger partial charge on any atom is 0.232 e. The number of amides is 1. The zero-order valence-corrected chi connectivity index (χ0v) is 20.8. The van der Waals surface area contributed by atoms with Crippen molar-refractivity contribution in [2.75, 3.05) is 26.2 Å². The standard InChI is InChI=1S/C30H43N3O/c31-29(34)30(25-14-7-5-8-15-25,26-16-9-6-10-17-26)27-20-23-33(24-27)22-12-4-2-1-3-11-21-32-28-18-13-19-28/h5-10,14-17,27-28,32H,1-4,11-13,18-24H2,(H2,31,34). The molecule has 2 fully saturated rings. The number of nitrogens with two attached hydrogens (primary N) is 1. The van der Waals surface area contributed by atoms with E-state index < -0.39 is 5.41 Å². The zero-order valence-electron chi connectivity index (χ0n) is 20.8. The minimum Gasteiger partial charge on any atom is -0.369 e. The van der Waals surface area contributed by atoms with Gasteiger partial charge in [0.2, 0.25) is 5.91 Å². The van der Waals surface area contributed by atoms with Crippen molar-refractivity contribution in [3.8, 4) is 0 Å². The molecular weight excluding hydrogens is 418 g/mol. The van der Waals surface area contributed by atoms with Crippen LogP contribution in [0.2, 0.25) is 0 Å². The lowest BCUT2D eigenvalue weighted by Crippen LogP contribution is -2.49. The summed E-state index contributed by atoms with van der Waals surface area (Å²) in [6.07, 6.45) is 13.1. The SMILES string of the molecule is NC(=O)C(c1ccccc1)(c1ccccc1)C1CCN(CCCCCCCCNC2CCC2)C1. The molecule has 1 saturated heterocycles. The van der Waals surface area contributed by atoms with E-state index in [-0.39, 0.29) is 11.8 Å². The first-order chi connectivity index (χ1) is 16.7. The molecule has 4 heteroatoms. The van der Waals surface area contributed by atoms with Crippen LogP contribution in [0.4, 0.5) is 0 Å². The minimum atomic E-state index is -0.773. The molecule has 0 bridgehead atoms. The molecule has 184 valence electrons. The molecule has 2 aliphatic rings. The van der Waals surface area contributed by atoms with Crippen LogP contribution in [0.15, 0.2) is 60.7 Å². The summed E-state index contributed by atoms with van der Waals surface area (Å²) >= 11 is 0. The van der Waals surface area contributed by atoms with Gasteiger partial charge in [0.05, 0.1) is 0 Å². The fourth-order valence-corrected chi connectivity index (χ4v) is 6.00. The van der Waals surface area contributed by atoms with Crippen molar-refractivity contribution >= 4 is 5.91 Å². The Morgan fingerprint density at radius 2 is 1.44 bits per heavy atom. The van der Waals surface area contributed by atoms with Gasteiger partial charge >= 0.3 is 0 Å². The average molecular weight is 462 g/mol. The number of benzene rings is 2. The van der Waals surface area contributed by atoms with Crippen molar-refractivity contribution in [2.45, 2.75) is 75.7 Å². The van der Waals surface area contributed by atoms with Crippen LogP contribution in [0.25, 0.3) is 0 Å². The lowest BCUT2D eigenvalue weighted by molar-refractivity contribution is -0.123. The van der Waals surface area contributed by atoms with Crippen LogP contribution < -0.4 is 11.1 Å². The third-order valence-electron chi connectivity index (χ3n) is 8.17. The second-order valence-electron chi connectivity index (χ2n) is 10.4. The van der Waals surface area contributed by atoms with Crippen LogP contribution in [-0.4, -0.2) is 43.0 Å². The van der Waals surface area contributed by atoms with E-state index >= 15 is 0 Å². The highest BCUT2D eigenvalue weighted by molar-refractivity contribution is 5.91. The second kappa shape index (κ2) is 12.5. The third kappa shape index (κ3) is 5.90. The summed E-state index contributed by atoms with van der Waals surface area (Å²) in [6, 6.07) is 21.2. The van der Waals surface area contributed by atoms with Gasteiger partial charge in [0.25, 0.3) is 0 Å². The Kier molecular flexibility index (Phi) is 9.18. The van der Waals surface area contributed by atoms with Gasteiger partial charge in [-0.15, -0.1) is 0 Å². The molecule has 4 rings (SSSR count). The van der Waals surface area contributed by atoms with Crippen molar-refractivity contribution < 1.29 is 4.79 Å². The summed E-state index contributed by atoms with van der Waals surface area (Å²) in [5, 5.41) is 3.67. The number of carbonyl (C=O) groups is 1. The number of nitrogens with one attached hydrogen (secondary N) is 1. The van der Waals surface area contributed by atoms with E-state index in [1.54, 1.807) is 0 Å². The second-order valence-corrected chi connectivity index (χ2v) is 10.4. The molecule has 1 unspecified atom stereocenters. The van der Waals surface area contributed by atoms with Gasteiger partial charge in [-0.2, -0.15) is 0 Å². The molecule has 0 radical (unpaired) electrons. The maximum atomic E-state index is 13.2. The number of unbranched alkanes of at least 4 members (excludes halogenated alkanes) is 5. The summed E-state index contributed by atoms with van der Waals surface area (Å²) in [5.74, 6) is -0.0403. The summed E-state index contributed by atoms with van der Waals surface area (Å²) in [4.78, 5) is 15.7. The Morgan fingerprint density at radius 3 is 2.00 bits per heavy atom. The van der Waals surface area contributed by atoms with Crippen molar-refractivity contribution in [1.82, 2.24) is 10.2 Å². The number of likely N-dealkylation sites (tertiary alicyclic amines) is 1. The molecule has 0 aromatic heterocycles.